The number of nitrogens with zero attached hydrogens (tertiary/aromatic N) is 2. The topological polar surface area (TPSA) is 66.9 Å². The quantitative estimate of drug-likeness (QED) is 0.651. The molecule has 26 heavy (non-hydrogen) atoms. The summed E-state index contributed by atoms with van der Waals surface area (Å²) in [6, 6.07) is 16.0. The summed E-state index contributed by atoms with van der Waals surface area (Å²) < 4.78 is 0. The molecule has 1 amide bonds. The fraction of sp³-hybridized carbons (Fsp3) is 0.250. The Morgan fingerprint density at radius 1 is 1.08 bits per heavy atom. The van der Waals surface area contributed by atoms with Gasteiger partial charge in [0.25, 0.3) is 0 Å². The van der Waals surface area contributed by atoms with Crippen LogP contribution in [0.3, 0.4) is 0 Å². The molecule has 6 heteroatoms. The van der Waals surface area contributed by atoms with Gasteiger partial charge in [-0.1, -0.05) is 49.4 Å². The van der Waals surface area contributed by atoms with E-state index < -0.39 is 0 Å². The van der Waals surface area contributed by atoms with E-state index in [1.807, 2.05) is 55.5 Å². The Bertz CT molecular complexity index is 887. The largest absolute Gasteiger partial charge is 0.330 e. The minimum Gasteiger partial charge on any atom is -0.330 e. The molecule has 0 atom stereocenters. The molecule has 0 bridgehead atoms. The molecule has 0 saturated carbocycles. The van der Waals surface area contributed by atoms with Gasteiger partial charge in [-0.05, 0) is 48.2 Å². The number of carbonyl (C=O) groups excluding carboxylic acids is 1. The molecule has 0 fully saturated rings. The Hall–Kier alpha value is -2.73. The molecular formula is C20H22N4OS. The maximum Gasteiger partial charge on any atom is 0.231 e. The summed E-state index contributed by atoms with van der Waals surface area (Å²) in [7, 11) is 0. The van der Waals surface area contributed by atoms with Crippen molar-refractivity contribution < 1.29 is 4.79 Å². The first-order chi connectivity index (χ1) is 12.5. The maximum atomic E-state index is 12.2. The molecule has 0 saturated heterocycles. The number of hydrogen-bond donors (Lipinski definition) is 2. The summed E-state index contributed by atoms with van der Waals surface area (Å²) >= 11 is 1.38. The van der Waals surface area contributed by atoms with Crippen LogP contribution in [-0.4, -0.2) is 16.1 Å². The fourth-order valence-electron chi connectivity index (χ4n) is 2.52. The molecular weight excluding hydrogens is 344 g/mol. The molecule has 0 aliphatic rings. The van der Waals surface area contributed by atoms with Crippen molar-refractivity contribution in [3.8, 4) is 0 Å². The van der Waals surface area contributed by atoms with E-state index in [1.54, 1.807) is 0 Å². The monoisotopic (exact) mass is 366 g/mol. The number of amides is 1. The van der Waals surface area contributed by atoms with Crippen LogP contribution in [-0.2, 0) is 11.2 Å². The molecule has 2 N–H and O–H groups in total. The van der Waals surface area contributed by atoms with Gasteiger partial charge in [-0.3, -0.25) is 4.79 Å². The highest BCUT2D eigenvalue weighted by Crippen LogP contribution is 2.22. The van der Waals surface area contributed by atoms with E-state index >= 15 is 0 Å². The van der Waals surface area contributed by atoms with Crippen LogP contribution in [0, 0.1) is 6.92 Å². The van der Waals surface area contributed by atoms with Crippen LogP contribution < -0.4 is 10.6 Å². The van der Waals surface area contributed by atoms with Gasteiger partial charge in [0.15, 0.2) is 0 Å². The normalized spacial score (nSPS) is 10.8. The predicted octanol–water partition coefficient (Wildman–Crippen LogP) is 4.89. The average Bonchev–Trinajstić information content (AvgIpc) is 3.02. The second-order valence-corrected chi connectivity index (χ2v) is 7.56. The van der Waals surface area contributed by atoms with Gasteiger partial charge in [0.2, 0.25) is 11.0 Å². The van der Waals surface area contributed by atoms with Crippen molar-refractivity contribution in [2.45, 2.75) is 33.1 Å². The summed E-state index contributed by atoms with van der Waals surface area (Å²) in [5, 5.41) is 15.7. The van der Waals surface area contributed by atoms with Crippen molar-refractivity contribution in [2.24, 2.45) is 0 Å². The van der Waals surface area contributed by atoms with E-state index in [1.165, 1.54) is 22.5 Å². The standard InChI is InChI=1S/C20H22N4OS/c1-13(2)15-7-9-16(10-8-15)21-18(25)12-19-23-24-20(26-19)22-17-6-4-5-14(3)11-17/h4-11,13H,12H2,1-3H3,(H,21,25)(H,22,24). The highest BCUT2D eigenvalue weighted by molar-refractivity contribution is 7.15. The van der Waals surface area contributed by atoms with Gasteiger partial charge in [0, 0.05) is 11.4 Å². The number of hydrogen-bond acceptors (Lipinski definition) is 5. The molecule has 1 aromatic heterocycles. The molecule has 3 aromatic rings. The van der Waals surface area contributed by atoms with Crippen molar-refractivity contribution >= 4 is 33.8 Å². The lowest BCUT2D eigenvalue weighted by molar-refractivity contribution is -0.115. The summed E-state index contributed by atoms with van der Waals surface area (Å²) in [4.78, 5) is 12.2. The third-order valence-electron chi connectivity index (χ3n) is 3.91. The summed E-state index contributed by atoms with van der Waals surface area (Å²) in [5.41, 5.74) is 4.17. The van der Waals surface area contributed by atoms with E-state index in [-0.39, 0.29) is 12.3 Å². The second-order valence-electron chi connectivity index (χ2n) is 6.50. The van der Waals surface area contributed by atoms with Crippen LogP contribution in [0.15, 0.2) is 48.5 Å². The van der Waals surface area contributed by atoms with Gasteiger partial charge in [0.1, 0.15) is 5.01 Å². The van der Waals surface area contributed by atoms with E-state index in [4.69, 9.17) is 0 Å². The smallest absolute Gasteiger partial charge is 0.231 e. The molecule has 3 rings (SSSR count). The lowest BCUT2D eigenvalue weighted by Crippen LogP contribution is -2.14. The fourth-order valence-corrected chi connectivity index (χ4v) is 3.27. The van der Waals surface area contributed by atoms with E-state index in [0.29, 0.717) is 16.1 Å². The van der Waals surface area contributed by atoms with Gasteiger partial charge in [-0.2, -0.15) is 0 Å². The van der Waals surface area contributed by atoms with Crippen LogP contribution in [0.4, 0.5) is 16.5 Å². The van der Waals surface area contributed by atoms with Crippen LogP contribution in [0.25, 0.3) is 0 Å². The Kier molecular flexibility index (Phi) is 5.63. The average molecular weight is 366 g/mol. The van der Waals surface area contributed by atoms with Gasteiger partial charge < -0.3 is 10.6 Å². The van der Waals surface area contributed by atoms with Crippen molar-refractivity contribution in [1.29, 1.82) is 0 Å². The number of aryl methyl sites for hydroxylation is 1. The highest BCUT2D eigenvalue weighted by Gasteiger charge is 2.10. The lowest BCUT2D eigenvalue weighted by Gasteiger charge is -2.07. The molecule has 0 aliphatic heterocycles. The molecule has 2 aromatic carbocycles. The van der Waals surface area contributed by atoms with E-state index in [2.05, 4.69) is 34.7 Å². The first-order valence-corrected chi connectivity index (χ1v) is 9.37. The zero-order chi connectivity index (χ0) is 18.5. The lowest BCUT2D eigenvalue weighted by atomic mass is 10.0. The predicted molar refractivity (Wildman–Crippen MR) is 107 cm³/mol. The third-order valence-corrected chi connectivity index (χ3v) is 4.75. The van der Waals surface area contributed by atoms with Gasteiger partial charge in [0.05, 0.1) is 6.42 Å². The molecule has 134 valence electrons. The van der Waals surface area contributed by atoms with Crippen LogP contribution in [0.5, 0.6) is 0 Å². The van der Waals surface area contributed by atoms with Gasteiger partial charge >= 0.3 is 0 Å². The Morgan fingerprint density at radius 2 is 1.85 bits per heavy atom. The first kappa shape index (κ1) is 18.1. The first-order valence-electron chi connectivity index (χ1n) is 8.55. The number of nitrogens with one attached hydrogen (secondary N) is 2. The van der Waals surface area contributed by atoms with Crippen molar-refractivity contribution in [3.05, 3.63) is 64.7 Å². The highest BCUT2D eigenvalue weighted by atomic mass is 32.1. The maximum absolute atomic E-state index is 12.2. The van der Waals surface area contributed by atoms with Crippen LogP contribution in [0.1, 0.15) is 35.9 Å². The van der Waals surface area contributed by atoms with Crippen LogP contribution in [0.2, 0.25) is 0 Å². The minimum atomic E-state index is -0.0967. The third kappa shape index (κ3) is 4.89. The number of benzene rings is 2. The molecule has 1 heterocycles. The number of anilines is 3. The zero-order valence-electron chi connectivity index (χ0n) is 15.1. The van der Waals surface area contributed by atoms with E-state index in [9.17, 15) is 4.79 Å². The molecule has 0 radical (unpaired) electrons. The van der Waals surface area contributed by atoms with Crippen molar-refractivity contribution in [1.82, 2.24) is 10.2 Å². The van der Waals surface area contributed by atoms with Crippen molar-refractivity contribution in [2.75, 3.05) is 10.6 Å². The van der Waals surface area contributed by atoms with Gasteiger partial charge in [-0.25, -0.2) is 0 Å². The molecule has 5 nitrogen and oxygen atoms in total. The number of rotatable bonds is 6. The zero-order valence-corrected chi connectivity index (χ0v) is 15.9. The molecule has 0 aliphatic carbocycles. The summed E-state index contributed by atoms with van der Waals surface area (Å²) in [6.45, 7) is 6.32. The van der Waals surface area contributed by atoms with Gasteiger partial charge in [-0.15, -0.1) is 10.2 Å². The minimum absolute atomic E-state index is 0.0967. The molecule has 0 spiro atoms. The number of carbonyl (C=O) groups is 1. The Morgan fingerprint density at radius 3 is 2.54 bits per heavy atom. The van der Waals surface area contributed by atoms with E-state index in [0.717, 1.165) is 11.4 Å². The molecule has 0 unspecified atom stereocenters. The SMILES string of the molecule is Cc1cccc(Nc2nnc(CC(=O)Nc3ccc(C(C)C)cc3)s2)c1. The Balaban J connectivity index is 1.57. The van der Waals surface area contributed by atoms with Crippen molar-refractivity contribution in [3.63, 3.8) is 0 Å². The summed E-state index contributed by atoms with van der Waals surface area (Å²) in [6.07, 6.45) is 0.207. The Labute approximate surface area is 157 Å². The summed E-state index contributed by atoms with van der Waals surface area (Å²) in [5.74, 6) is 0.376. The number of aromatic nitrogens is 2. The second kappa shape index (κ2) is 8.10. The van der Waals surface area contributed by atoms with Crippen LogP contribution >= 0.6 is 11.3 Å².